The van der Waals surface area contributed by atoms with Crippen LogP contribution in [0.15, 0.2) is 53.4 Å². The van der Waals surface area contributed by atoms with Crippen LogP contribution in [0.3, 0.4) is 0 Å². The maximum absolute atomic E-state index is 12.2. The number of aryl methyl sites for hydroxylation is 1. The largest absolute Gasteiger partial charge is 0.298 e. The molecule has 0 aromatic heterocycles. The molecule has 2 rings (SSSR count). The van der Waals surface area contributed by atoms with Crippen LogP contribution in [0.5, 0.6) is 0 Å². The van der Waals surface area contributed by atoms with Crippen LogP contribution in [0.4, 0.5) is 0 Å². The summed E-state index contributed by atoms with van der Waals surface area (Å²) in [6.07, 6.45) is -1.29. The summed E-state index contributed by atoms with van der Waals surface area (Å²) in [5, 5.41) is 9.44. The van der Waals surface area contributed by atoms with E-state index in [2.05, 4.69) is 0 Å². The second-order valence-corrected chi connectivity index (χ2v) is 6.37. The summed E-state index contributed by atoms with van der Waals surface area (Å²) in [7, 11) is -4.03. The van der Waals surface area contributed by atoms with E-state index < -0.39 is 16.2 Å². The average Bonchev–Trinajstić information content (AvgIpc) is 2.46. The standard InChI is InChI=1S/C15H12ClNO3S/c1-11-6-8-12(9-7-11)21(18,19)20-15(10-17)13-4-2-3-5-14(13)16/h2-9,15H,1H3/t15-/m0/s1. The molecule has 2 aromatic rings. The van der Waals surface area contributed by atoms with E-state index in [1.54, 1.807) is 36.4 Å². The molecule has 4 nitrogen and oxygen atoms in total. The lowest BCUT2D eigenvalue weighted by atomic mass is 10.1. The first-order chi connectivity index (χ1) is 9.94. The van der Waals surface area contributed by atoms with Crippen LogP contribution >= 0.6 is 11.6 Å². The fraction of sp³-hybridized carbons (Fsp3) is 0.133. The van der Waals surface area contributed by atoms with Gasteiger partial charge in [0.25, 0.3) is 10.1 Å². The molecule has 0 aliphatic rings. The molecule has 0 saturated carbocycles. The molecule has 0 aliphatic heterocycles. The lowest BCUT2D eigenvalue weighted by molar-refractivity contribution is 0.268. The zero-order valence-electron chi connectivity index (χ0n) is 11.2. The minimum Gasteiger partial charge on any atom is -0.243 e. The molecule has 0 unspecified atom stereocenters. The summed E-state index contributed by atoms with van der Waals surface area (Å²) >= 11 is 5.97. The van der Waals surface area contributed by atoms with E-state index in [1.165, 1.54) is 12.1 Å². The third kappa shape index (κ3) is 3.61. The normalized spacial score (nSPS) is 12.6. The summed E-state index contributed by atoms with van der Waals surface area (Å²) < 4.78 is 29.4. The van der Waals surface area contributed by atoms with Crippen LogP contribution in [0.1, 0.15) is 17.2 Å². The number of hydrogen-bond acceptors (Lipinski definition) is 4. The van der Waals surface area contributed by atoms with E-state index in [1.807, 2.05) is 13.0 Å². The molecular weight excluding hydrogens is 310 g/mol. The molecule has 0 saturated heterocycles. The molecule has 1 atom stereocenters. The van der Waals surface area contributed by atoms with E-state index in [0.717, 1.165) is 5.56 Å². The van der Waals surface area contributed by atoms with Crippen LogP contribution in [0, 0.1) is 18.3 Å². The lowest BCUT2D eigenvalue weighted by Crippen LogP contribution is -2.11. The zero-order valence-corrected chi connectivity index (χ0v) is 12.7. The number of rotatable bonds is 4. The quantitative estimate of drug-likeness (QED) is 0.807. The fourth-order valence-electron chi connectivity index (χ4n) is 1.72. The minimum absolute atomic E-state index is 0.000374. The van der Waals surface area contributed by atoms with Crippen molar-refractivity contribution in [3.05, 3.63) is 64.7 Å². The highest BCUT2D eigenvalue weighted by atomic mass is 35.5. The molecule has 0 fully saturated rings. The van der Waals surface area contributed by atoms with Crippen molar-refractivity contribution in [2.45, 2.75) is 17.9 Å². The van der Waals surface area contributed by atoms with Crippen molar-refractivity contribution in [2.24, 2.45) is 0 Å². The van der Waals surface area contributed by atoms with E-state index in [-0.39, 0.29) is 9.92 Å². The molecule has 0 spiro atoms. The van der Waals surface area contributed by atoms with Crippen molar-refractivity contribution in [3.8, 4) is 6.07 Å². The van der Waals surface area contributed by atoms with Gasteiger partial charge in [0.05, 0.1) is 4.90 Å². The van der Waals surface area contributed by atoms with E-state index >= 15 is 0 Å². The number of benzene rings is 2. The molecule has 0 aliphatic carbocycles. The lowest BCUT2D eigenvalue weighted by Gasteiger charge is -2.12. The van der Waals surface area contributed by atoms with Gasteiger partial charge in [-0.25, -0.2) is 4.18 Å². The molecular formula is C15H12ClNO3S. The average molecular weight is 322 g/mol. The summed E-state index contributed by atoms with van der Waals surface area (Å²) in [4.78, 5) is 0.000374. The first-order valence-corrected chi connectivity index (χ1v) is 7.86. The van der Waals surface area contributed by atoms with E-state index in [4.69, 9.17) is 21.0 Å². The Bertz CT molecular complexity index is 779. The predicted octanol–water partition coefficient (Wildman–Crippen LogP) is 3.62. The van der Waals surface area contributed by atoms with E-state index in [9.17, 15) is 8.42 Å². The third-order valence-corrected chi connectivity index (χ3v) is 4.48. The van der Waals surface area contributed by atoms with Crippen LogP contribution in [0.25, 0.3) is 0 Å². The Balaban J connectivity index is 2.33. The second kappa shape index (κ2) is 6.27. The molecule has 0 bridgehead atoms. The Morgan fingerprint density at radius 3 is 2.33 bits per heavy atom. The first-order valence-electron chi connectivity index (χ1n) is 6.08. The Morgan fingerprint density at radius 2 is 1.76 bits per heavy atom. The van der Waals surface area contributed by atoms with Crippen molar-refractivity contribution < 1.29 is 12.6 Å². The molecule has 0 heterocycles. The van der Waals surface area contributed by atoms with Gasteiger partial charge in [-0.05, 0) is 25.1 Å². The number of nitrogens with zero attached hydrogens (tertiary/aromatic N) is 1. The van der Waals surface area contributed by atoms with Gasteiger partial charge in [0.1, 0.15) is 6.07 Å². The van der Waals surface area contributed by atoms with Gasteiger partial charge in [0, 0.05) is 10.6 Å². The predicted molar refractivity (Wildman–Crippen MR) is 79.3 cm³/mol. The molecule has 2 aromatic carbocycles. The molecule has 0 radical (unpaired) electrons. The van der Waals surface area contributed by atoms with Gasteiger partial charge in [-0.15, -0.1) is 0 Å². The maximum atomic E-state index is 12.2. The van der Waals surface area contributed by atoms with Crippen molar-refractivity contribution in [3.63, 3.8) is 0 Å². The summed E-state index contributed by atoms with van der Waals surface area (Å²) in [5.41, 5.74) is 1.24. The molecule has 108 valence electrons. The third-order valence-electron chi connectivity index (χ3n) is 2.84. The topological polar surface area (TPSA) is 67.2 Å². The van der Waals surface area contributed by atoms with Gasteiger partial charge in [-0.2, -0.15) is 13.7 Å². The van der Waals surface area contributed by atoms with Gasteiger partial charge >= 0.3 is 0 Å². The van der Waals surface area contributed by atoms with Gasteiger partial charge in [0.2, 0.25) is 0 Å². The highest BCUT2D eigenvalue weighted by Crippen LogP contribution is 2.28. The van der Waals surface area contributed by atoms with Crippen LogP contribution < -0.4 is 0 Å². The number of nitriles is 1. The van der Waals surface area contributed by atoms with Crippen molar-refractivity contribution >= 4 is 21.7 Å². The highest BCUT2D eigenvalue weighted by Gasteiger charge is 2.24. The number of halogens is 1. The minimum atomic E-state index is -4.03. The van der Waals surface area contributed by atoms with Gasteiger partial charge in [-0.1, -0.05) is 47.5 Å². The van der Waals surface area contributed by atoms with Gasteiger partial charge in [0.15, 0.2) is 6.10 Å². The smallest absolute Gasteiger partial charge is 0.243 e. The van der Waals surface area contributed by atoms with Crippen molar-refractivity contribution in [1.82, 2.24) is 0 Å². The fourth-order valence-corrected chi connectivity index (χ4v) is 2.93. The second-order valence-electron chi connectivity index (χ2n) is 4.39. The molecule has 6 heteroatoms. The monoisotopic (exact) mass is 321 g/mol. The van der Waals surface area contributed by atoms with Crippen LogP contribution in [0.2, 0.25) is 5.02 Å². The van der Waals surface area contributed by atoms with Crippen molar-refractivity contribution in [2.75, 3.05) is 0 Å². The Morgan fingerprint density at radius 1 is 1.14 bits per heavy atom. The van der Waals surface area contributed by atoms with Crippen molar-refractivity contribution in [1.29, 1.82) is 5.26 Å². The van der Waals surface area contributed by atoms with Crippen LogP contribution in [-0.2, 0) is 14.3 Å². The first kappa shape index (κ1) is 15.5. The van der Waals surface area contributed by atoms with E-state index in [0.29, 0.717) is 5.56 Å². The Kier molecular flexibility index (Phi) is 4.63. The SMILES string of the molecule is Cc1ccc(S(=O)(=O)O[C@@H](C#N)c2ccccc2Cl)cc1. The summed E-state index contributed by atoms with van der Waals surface area (Å²) in [6.45, 7) is 1.85. The van der Waals surface area contributed by atoms with Crippen LogP contribution in [-0.4, -0.2) is 8.42 Å². The summed E-state index contributed by atoms with van der Waals surface area (Å²) in [5.74, 6) is 0. The zero-order chi connectivity index (χ0) is 15.5. The molecule has 0 N–H and O–H groups in total. The summed E-state index contributed by atoms with van der Waals surface area (Å²) in [6, 6.07) is 14.5. The highest BCUT2D eigenvalue weighted by molar-refractivity contribution is 7.86. The molecule has 21 heavy (non-hydrogen) atoms. The Labute approximate surface area is 128 Å². The van der Waals surface area contributed by atoms with Gasteiger partial charge < -0.3 is 0 Å². The number of hydrogen-bond donors (Lipinski definition) is 0. The maximum Gasteiger partial charge on any atom is 0.298 e. The van der Waals surface area contributed by atoms with Gasteiger partial charge in [-0.3, -0.25) is 0 Å². The molecule has 0 amide bonds. The Hall–Kier alpha value is -1.87.